The number of rotatable bonds is 9. The Hall–Kier alpha value is -5.40. The molecule has 0 saturated heterocycles. The lowest BCUT2D eigenvalue weighted by Crippen LogP contribution is -2.37. The third-order valence-electron chi connectivity index (χ3n) is 8.68. The second-order valence-electron chi connectivity index (χ2n) is 11.9. The Kier molecular flexibility index (Phi) is 9.42. The summed E-state index contributed by atoms with van der Waals surface area (Å²) in [4.78, 5) is 19.3. The fourth-order valence-corrected chi connectivity index (χ4v) is 7.36. The molecule has 2 aliphatic rings. The van der Waals surface area contributed by atoms with Gasteiger partial charge in [-0.25, -0.2) is 8.78 Å². The lowest BCUT2D eigenvalue weighted by Gasteiger charge is -2.26. The molecule has 256 valence electrons. The van der Waals surface area contributed by atoms with Gasteiger partial charge in [0.15, 0.2) is 0 Å². The molecule has 0 fully saturated rings. The van der Waals surface area contributed by atoms with Crippen LogP contribution in [0.4, 0.5) is 8.78 Å². The van der Waals surface area contributed by atoms with Crippen molar-refractivity contribution < 1.29 is 28.2 Å². The third kappa shape index (κ3) is 6.49. The number of hydrogen-bond acceptors (Lipinski definition) is 8. The van der Waals surface area contributed by atoms with Crippen molar-refractivity contribution in [2.75, 3.05) is 26.4 Å². The number of halogens is 2. The second-order valence-corrected chi connectivity index (χ2v) is 12.8. The molecule has 0 aliphatic carbocycles. The van der Waals surface area contributed by atoms with Gasteiger partial charge < -0.3 is 19.5 Å². The molecule has 50 heavy (non-hydrogen) atoms. The van der Waals surface area contributed by atoms with Crippen molar-refractivity contribution in [1.29, 1.82) is 0 Å². The van der Waals surface area contributed by atoms with E-state index in [1.807, 2.05) is 47.6 Å². The number of benzene rings is 1. The summed E-state index contributed by atoms with van der Waals surface area (Å²) in [7, 11) is 1.83. The zero-order valence-electron chi connectivity index (χ0n) is 27.3. The number of ether oxygens (including phenoxy) is 2. The highest BCUT2D eigenvalue weighted by Gasteiger charge is 2.33. The number of carbonyl (C=O) groups excluding carboxylic acids is 1. The standard InChI is InChI=1S/C37H34F2N6O4S/c1-3-33(47)44-11-12-45-25(22-44)20-31(42-45)26-8-16-49-32-19-24(38)18-28(39)34(32)35-36(26)40-30(27-10-17-50-37(27)35)7-6-23-21-43(2)41-29(23)9-15-48-14-5-4-13-46/h3-7,9-10,15,17-21,26,46H,1,8,11-14,16,22H2,2H3/b5-4+,7-6+,15-9+. The molecule has 0 radical (unpaired) electrons. The van der Waals surface area contributed by atoms with Gasteiger partial charge in [-0.15, -0.1) is 11.3 Å². The van der Waals surface area contributed by atoms with Crippen molar-refractivity contribution in [3.05, 3.63) is 113 Å². The van der Waals surface area contributed by atoms with Crippen LogP contribution in [-0.2, 0) is 29.7 Å². The highest BCUT2D eigenvalue weighted by atomic mass is 32.1. The van der Waals surface area contributed by atoms with Gasteiger partial charge in [-0.05, 0) is 48.2 Å². The molecular formula is C37H34F2N6O4S. The number of aromatic nitrogens is 5. The van der Waals surface area contributed by atoms with Crippen LogP contribution in [0.5, 0.6) is 5.75 Å². The average Bonchev–Trinajstić information content (AvgIpc) is 3.84. The number of thiophene rings is 1. The number of aliphatic hydroxyl groups is 1. The summed E-state index contributed by atoms with van der Waals surface area (Å²) in [5.74, 6) is -1.85. The van der Waals surface area contributed by atoms with E-state index < -0.39 is 17.6 Å². The summed E-state index contributed by atoms with van der Waals surface area (Å²) in [6.45, 7) is 5.50. The number of amides is 1. The first-order valence-corrected chi connectivity index (χ1v) is 17.0. The lowest BCUT2D eigenvalue weighted by molar-refractivity contribution is -0.127. The topological polar surface area (TPSA) is 108 Å². The zero-order chi connectivity index (χ0) is 34.8. The number of hydrogen-bond donors (Lipinski definition) is 1. The number of fused-ring (bicyclic) bond motifs is 6. The van der Waals surface area contributed by atoms with Crippen molar-refractivity contribution in [2.45, 2.75) is 25.4 Å². The van der Waals surface area contributed by atoms with Crippen LogP contribution in [0.15, 0.2) is 66.9 Å². The van der Waals surface area contributed by atoms with Crippen LogP contribution in [-0.4, -0.2) is 66.8 Å². The molecule has 10 nitrogen and oxygen atoms in total. The first-order valence-electron chi connectivity index (χ1n) is 16.1. The van der Waals surface area contributed by atoms with E-state index >= 15 is 4.39 Å². The van der Waals surface area contributed by atoms with Gasteiger partial charge in [0.25, 0.3) is 0 Å². The Morgan fingerprint density at radius 2 is 2.02 bits per heavy atom. The SMILES string of the molecule is C=CC(=O)N1CCn2nc(C3CCOc4cc(F)cc(F)c4-c4c3nc(/C=C/c3cn(C)nc3/C=C/OC/C=C/CO)c3ccsc43)cc2C1. The van der Waals surface area contributed by atoms with Gasteiger partial charge in [0, 0.05) is 65.1 Å². The largest absolute Gasteiger partial charge is 0.497 e. The Labute approximate surface area is 290 Å². The van der Waals surface area contributed by atoms with Crippen LogP contribution in [0.3, 0.4) is 0 Å². The fraction of sp³-hybridized carbons (Fsp3) is 0.243. The van der Waals surface area contributed by atoms with Crippen molar-refractivity contribution in [3.8, 4) is 16.9 Å². The predicted octanol–water partition coefficient (Wildman–Crippen LogP) is 6.32. The summed E-state index contributed by atoms with van der Waals surface area (Å²) in [6, 6.07) is 6.02. The van der Waals surface area contributed by atoms with Gasteiger partial charge >= 0.3 is 0 Å². The summed E-state index contributed by atoms with van der Waals surface area (Å²) in [5.41, 5.74) is 5.12. The Morgan fingerprint density at radius 3 is 2.86 bits per heavy atom. The summed E-state index contributed by atoms with van der Waals surface area (Å²) in [5, 5.41) is 21.1. The monoisotopic (exact) mass is 696 g/mol. The maximum atomic E-state index is 15.9. The second kappa shape index (κ2) is 14.2. The zero-order valence-corrected chi connectivity index (χ0v) is 28.1. The van der Waals surface area contributed by atoms with E-state index in [0.29, 0.717) is 55.3 Å². The molecule has 1 atom stereocenters. The maximum absolute atomic E-state index is 15.9. The molecule has 1 N–H and O–H groups in total. The Morgan fingerprint density at radius 1 is 1.14 bits per heavy atom. The quantitative estimate of drug-likeness (QED) is 0.0832. The molecular weight excluding hydrogens is 663 g/mol. The fourth-order valence-electron chi connectivity index (χ4n) is 6.40. The number of aliphatic hydroxyl groups excluding tert-OH is 1. The highest BCUT2D eigenvalue weighted by molar-refractivity contribution is 7.17. The molecule has 0 spiro atoms. The van der Waals surface area contributed by atoms with Crippen LogP contribution in [0, 0.1) is 11.6 Å². The molecule has 7 rings (SSSR count). The number of carbonyl (C=O) groups is 1. The molecule has 2 aliphatic heterocycles. The molecule has 1 amide bonds. The first kappa shape index (κ1) is 33.1. The number of pyridine rings is 1. The van der Waals surface area contributed by atoms with E-state index in [4.69, 9.17) is 24.7 Å². The molecule has 13 heteroatoms. The van der Waals surface area contributed by atoms with Gasteiger partial charge in [0.05, 0.1) is 66.6 Å². The van der Waals surface area contributed by atoms with E-state index in [1.54, 1.807) is 34.1 Å². The summed E-state index contributed by atoms with van der Waals surface area (Å²) >= 11 is 1.45. The smallest absolute Gasteiger partial charge is 0.246 e. The van der Waals surface area contributed by atoms with E-state index in [2.05, 4.69) is 11.7 Å². The molecule has 0 bridgehead atoms. The predicted molar refractivity (Wildman–Crippen MR) is 188 cm³/mol. The van der Waals surface area contributed by atoms with Crippen molar-refractivity contribution in [1.82, 2.24) is 29.4 Å². The van der Waals surface area contributed by atoms with Crippen molar-refractivity contribution in [3.63, 3.8) is 0 Å². The molecule has 1 unspecified atom stereocenters. The lowest BCUT2D eigenvalue weighted by atomic mass is 9.88. The first-order chi connectivity index (χ1) is 24.3. The van der Waals surface area contributed by atoms with Gasteiger partial charge in [-0.2, -0.15) is 10.2 Å². The van der Waals surface area contributed by atoms with Crippen LogP contribution in [0.2, 0.25) is 0 Å². The Balaban J connectivity index is 1.34. The Bertz CT molecular complexity index is 2180. The maximum Gasteiger partial charge on any atom is 0.246 e. The van der Waals surface area contributed by atoms with Gasteiger partial charge in [-0.3, -0.25) is 19.1 Å². The molecule has 5 aromatic rings. The molecule has 0 saturated carbocycles. The van der Waals surface area contributed by atoms with E-state index in [9.17, 15) is 9.18 Å². The van der Waals surface area contributed by atoms with E-state index in [-0.39, 0.29) is 30.4 Å². The van der Waals surface area contributed by atoms with Crippen LogP contribution in [0.25, 0.3) is 39.4 Å². The van der Waals surface area contributed by atoms with Crippen molar-refractivity contribution in [2.24, 2.45) is 7.05 Å². The molecule has 1 aromatic carbocycles. The average molecular weight is 697 g/mol. The minimum Gasteiger partial charge on any atom is -0.497 e. The number of aryl methyl sites for hydroxylation is 1. The van der Waals surface area contributed by atoms with E-state index in [0.717, 1.165) is 33.1 Å². The third-order valence-corrected chi connectivity index (χ3v) is 9.61. The molecule has 6 heterocycles. The van der Waals surface area contributed by atoms with Crippen molar-refractivity contribution >= 4 is 45.6 Å². The van der Waals surface area contributed by atoms with E-state index in [1.165, 1.54) is 23.5 Å². The highest BCUT2D eigenvalue weighted by Crippen LogP contribution is 2.47. The van der Waals surface area contributed by atoms with Crippen LogP contribution >= 0.6 is 11.3 Å². The van der Waals surface area contributed by atoms with Crippen LogP contribution in [0.1, 0.15) is 46.4 Å². The summed E-state index contributed by atoms with van der Waals surface area (Å²) < 4.78 is 46.3. The number of nitrogens with zero attached hydrogens (tertiary/aromatic N) is 6. The minimum atomic E-state index is -0.731. The van der Waals surface area contributed by atoms with Gasteiger partial charge in [-0.1, -0.05) is 12.7 Å². The van der Waals surface area contributed by atoms with Gasteiger partial charge in [0.1, 0.15) is 24.0 Å². The van der Waals surface area contributed by atoms with Gasteiger partial charge in [0.2, 0.25) is 5.91 Å². The summed E-state index contributed by atoms with van der Waals surface area (Å²) in [6.07, 6.45) is 14.1. The normalized spacial score (nSPS) is 16.0. The van der Waals surface area contributed by atoms with Crippen LogP contribution < -0.4 is 4.74 Å². The minimum absolute atomic E-state index is 0.0494. The molecule has 4 aromatic heterocycles.